The summed E-state index contributed by atoms with van der Waals surface area (Å²) in [5.41, 5.74) is -1.14. The Kier molecular flexibility index (Phi) is 5.38. The van der Waals surface area contributed by atoms with Gasteiger partial charge in [0.1, 0.15) is 5.41 Å². The number of hydrogen-bond donors (Lipinski definition) is 0. The first kappa shape index (κ1) is 18.2. The molecule has 0 radical (unpaired) electrons. The molecule has 0 N–H and O–H groups in total. The molecule has 132 valence electrons. The summed E-state index contributed by atoms with van der Waals surface area (Å²) in [5.74, 6) is -0.248. The molecule has 23 heavy (non-hydrogen) atoms. The van der Waals surface area contributed by atoms with Crippen molar-refractivity contribution in [1.82, 2.24) is 9.80 Å². The van der Waals surface area contributed by atoms with Crippen molar-refractivity contribution in [1.29, 1.82) is 0 Å². The van der Waals surface area contributed by atoms with Crippen molar-refractivity contribution in [2.45, 2.75) is 52.5 Å². The number of hydrogen-bond acceptors (Lipinski definition) is 4. The van der Waals surface area contributed by atoms with E-state index < -0.39 is 15.3 Å². The highest BCUT2D eigenvalue weighted by Gasteiger charge is 2.45. The fourth-order valence-corrected chi connectivity index (χ4v) is 5.26. The number of likely N-dealkylation sites (tertiary alicyclic amines) is 1. The topological polar surface area (TPSA) is 74.8 Å². The highest BCUT2D eigenvalue weighted by molar-refractivity contribution is 7.91. The lowest BCUT2D eigenvalue weighted by Gasteiger charge is -2.38. The molecule has 7 heteroatoms. The Morgan fingerprint density at radius 3 is 2.26 bits per heavy atom. The third-order valence-corrected chi connectivity index (χ3v) is 6.71. The Morgan fingerprint density at radius 1 is 1.17 bits per heavy atom. The number of sulfone groups is 1. The van der Waals surface area contributed by atoms with Crippen LogP contribution in [0.3, 0.4) is 0 Å². The van der Waals surface area contributed by atoms with Gasteiger partial charge in [-0.25, -0.2) is 8.42 Å². The van der Waals surface area contributed by atoms with Crippen LogP contribution in [-0.4, -0.2) is 67.2 Å². The van der Waals surface area contributed by atoms with Crippen molar-refractivity contribution < 1.29 is 18.0 Å². The van der Waals surface area contributed by atoms with E-state index in [1.165, 1.54) is 0 Å². The summed E-state index contributed by atoms with van der Waals surface area (Å²) in [5, 5.41) is 0. The van der Waals surface area contributed by atoms with Gasteiger partial charge in [-0.2, -0.15) is 0 Å². The molecule has 0 aliphatic carbocycles. The Morgan fingerprint density at radius 2 is 1.78 bits per heavy atom. The molecule has 2 aliphatic rings. The van der Waals surface area contributed by atoms with E-state index in [4.69, 9.17) is 0 Å². The summed E-state index contributed by atoms with van der Waals surface area (Å²) in [7, 11) is -3.06. The largest absolute Gasteiger partial charge is 0.342 e. The van der Waals surface area contributed by atoms with E-state index in [0.717, 1.165) is 19.3 Å². The zero-order valence-electron chi connectivity index (χ0n) is 14.4. The molecule has 1 unspecified atom stereocenters. The van der Waals surface area contributed by atoms with Gasteiger partial charge in [-0.05, 0) is 46.5 Å². The summed E-state index contributed by atoms with van der Waals surface area (Å²) in [6, 6.07) is -0.300. The Hall–Kier alpha value is -1.11. The van der Waals surface area contributed by atoms with E-state index in [-0.39, 0.29) is 29.4 Å². The lowest BCUT2D eigenvalue weighted by Crippen LogP contribution is -2.54. The normalized spacial score (nSPS) is 24.5. The van der Waals surface area contributed by atoms with Crippen molar-refractivity contribution in [2.75, 3.05) is 31.1 Å². The van der Waals surface area contributed by atoms with Crippen molar-refractivity contribution in [2.24, 2.45) is 5.41 Å². The molecule has 0 bridgehead atoms. The predicted molar refractivity (Wildman–Crippen MR) is 88.7 cm³/mol. The van der Waals surface area contributed by atoms with Crippen LogP contribution in [0.2, 0.25) is 0 Å². The molecule has 0 spiro atoms. The number of amides is 2. The van der Waals surface area contributed by atoms with Crippen LogP contribution in [0.1, 0.15) is 46.5 Å². The minimum Gasteiger partial charge on any atom is -0.342 e. The number of piperidine rings is 1. The molecular weight excluding hydrogens is 316 g/mol. The first-order chi connectivity index (χ1) is 10.7. The molecule has 2 heterocycles. The molecule has 2 saturated heterocycles. The molecule has 0 saturated carbocycles. The zero-order chi connectivity index (χ0) is 17.3. The molecule has 1 atom stereocenters. The average molecular weight is 344 g/mol. The van der Waals surface area contributed by atoms with Crippen LogP contribution in [0.4, 0.5) is 0 Å². The van der Waals surface area contributed by atoms with E-state index in [0.29, 0.717) is 26.1 Å². The van der Waals surface area contributed by atoms with Gasteiger partial charge in [-0.1, -0.05) is 0 Å². The second kappa shape index (κ2) is 6.79. The van der Waals surface area contributed by atoms with Crippen LogP contribution < -0.4 is 0 Å². The minimum atomic E-state index is -3.06. The lowest BCUT2D eigenvalue weighted by molar-refractivity contribution is -0.155. The van der Waals surface area contributed by atoms with Gasteiger partial charge in [0.05, 0.1) is 11.5 Å². The second-order valence-electron chi connectivity index (χ2n) is 7.13. The van der Waals surface area contributed by atoms with Crippen LogP contribution in [0.25, 0.3) is 0 Å². The summed E-state index contributed by atoms with van der Waals surface area (Å²) in [4.78, 5) is 29.1. The highest BCUT2D eigenvalue weighted by atomic mass is 32.2. The van der Waals surface area contributed by atoms with E-state index in [1.54, 1.807) is 23.6 Å². The third kappa shape index (κ3) is 3.87. The monoisotopic (exact) mass is 344 g/mol. The molecule has 2 aliphatic heterocycles. The Bertz CT molecular complexity index is 565. The molecule has 2 amide bonds. The number of carbonyl (C=O) groups excluding carboxylic acids is 2. The Balaban J connectivity index is 2.13. The summed E-state index contributed by atoms with van der Waals surface area (Å²) >= 11 is 0. The second-order valence-corrected chi connectivity index (χ2v) is 9.35. The van der Waals surface area contributed by atoms with Gasteiger partial charge in [-0.15, -0.1) is 0 Å². The summed E-state index contributed by atoms with van der Waals surface area (Å²) in [6.07, 6.45) is 3.55. The summed E-state index contributed by atoms with van der Waals surface area (Å²) < 4.78 is 23.4. The first-order valence-electron chi connectivity index (χ1n) is 8.50. The molecule has 0 aromatic carbocycles. The molecule has 6 nitrogen and oxygen atoms in total. The van der Waals surface area contributed by atoms with Crippen LogP contribution in [0.15, 0.2) is 0 Å². The fourth-order valence-electron chi connectivity index (χ4n) is 3.53. The maximum atomic E-state index is 13.0. The molecule has 2 rings (SSSR count). The van der Waals surface area contributed by atoms with Crippen LogP contribution in [-0.2, 0) is 19.4 Å². The number of nitrogens with zero attached hydrogens (tertiary/aromatic N) is 2. The van der Waals surface area contributed by atoms with Gasteiger partial charge >= 0.3 is 0 Å². The van der Waals surface area contributed by atoms with Gasteiger partial charge in [0.15, 0.2) is 9.84 Å². The number of rotatable bonds is 4. The van der Waals surface area contributed by atoms with Crippen molar-refractivity contribution in [3.8, 4) is 0 Å². The van der Waals surface area contributed by atoms with Gasteiger partial charge in [-0.3, -0.25) is 9.59 Å². The van der Waals surface area contributed by atoms with Crippen LogP contribution in [0, 0.1) is 5.41 Å². The highest BCUT2D eigenvalue weighted by Crippen LogP contribution is 2.28. The fraction of sp³-hybridized carbons (Fsp3) is 0.875. The molecular formula is C16H28N2O4S. The quantitative estimate of drug-likeness (QED) is 0.715. The smallest absolute Gasteiger partial charge is 0.237 e. The number of carbonyl (C=O) groups is 2. The van der Waals surface area contributed by atoms with E-state index in [1.807, 2.05) is 6.92 Å². The predicted octanol–water partition coefficient (Wildman–Crippen LogP) is 1.06. The summed E-state index contributed by atoms with van der Waals surface area (Å²) in [6.45, 7) is 7.01. The molecule has 0 aromatic rings. The lowest BCUT2D eigenvalue weighted by atomic mass is 9.88. The van der Waals surface area contributed by atoms with Gasteiger partial charge in [0, 0.05) is 25.7 Å². The molecule has 2 fully saturated rings. The maximum Gasteiger partial charge on any atom is 0.237 e. The first-order valence-corrected chi connectivity index (χ1v) is 10.3. The average Bonchev–Trinajstić information content (AvgIpc) is 2.87. The van der Waals surface area contributed by atoms with E-state index in [2.05, 4.69) is 0 Å². The Labute approximate surface area is 139 Å². The van der Waals surface area contributed by atoms with Crippen LogP contribution >= 0.6 is 0 Å². The minimum absolute atomic E-state index is 0.0144. The van der Waals surface area contributed by atoms with Crippen LogP contribution in [0.5, 0.6) is 0 Å². The maximum absolute atomic E-state index is 13.0. The van der Waals surface area contributed by atoms with E-state index in [9.17, 15) is 18.0 Å². The zero-order valence-corrected chi connectivity index (χ0v) is 15.2. The molecule has 0 aromatic heterocycles. The van der Waals surface area contributed by atoms with Crippen molar-refractivity contribution in [3.63, 3.8) is 0 Å². The standard InChI is InChI=1S/C16H28N2O4S/c1-4-18(13-8-11-23(21,22)12-13)15(20)16(2,3)14(19)17-9-6-5-7-10-17/h13H,4-12H2,1-3H3. The van der Waals surface area contributed by atoms with E-state index >= 15 is 0 Å². The van der Waals surface area contributed by atoms with Gasteiger partial charge in [0.2, 0.25) is 11.8 Å². The van der Waals surface area contributed by atoms with Gasteiger partial charge < -0.3 is 9.80 Å². The SMILES string of the molecule is CCN(C(=O)C(C)(C)C(=O)N1CCCCC1)C1CCS(=O)(=O)C1. The van der Waals surface area contributed by atoms with Crippen molar-refractivity contribution >= 4 is 21.7 Å². The van der Waals surface area contributed by atoms with Crippen molar-refractivity contribution in [3.05, 3.63) is 0 Å². The van der Waals surface area contributed by atoms with Gasteiger partial charge in [0.25, 0.3) is 0 Å². The third-order valence-electron chi connectivity index (χ3n) is 4.96.